The Bertz CT molecular complexity index is 2190. The van der Waals surface area contributed by atoms with Gasteiger partial charge in [0.25, 0.3) is 20.0 Å². The van der Waals surface area contributed by atoms with Gasteiger partial charge in [-0.15, -0.1) is 0 Å². The summed E-state index contributed by atoms with van der Waals surface area (Å²) in [5, 5.41) is 0. The number of fused-ring (bicyclic) bond motifs is 2. The molecule has 1 amide bonds. The Morgan fingerprint density at radius 2 is 1.07 bits per heavy atom. The Kier molecular flexibility index (Phi) is 7.40. The zero-order chi connectivity index (χ0) is 33.0. The summed E-state index contributed by atoms with van der Waals surface area (Å²) in [7, 11) is -7.97. The fourth-order valence-electron chi connectivity index (χ4n) is 4.62. The quantitative estimate of drug-likeness (QED) is 0.228. The summed E-state index contributed by atoms with van der Waals surface area (Å²) in [4.78, 5) is 32.5. The van der Waals surface area contributed by atoms with Crippen LogP contribution in [0.15, 0.2) is 95.2 Å². The fraction of sp³-hybridized carbons (Fsp3) is 0.194. The number of carbonyl (C=O) groups is 1. The van der Waals surface area contributed by atoms with Gasteiger partial charge in [-0.25, -0.2) is 54.4 Å². The third kappa shape index (κ3) is 5.58. The van der Waals surface area contributed by atoms with E-state index in [2.05, 4.69) is 19.9 Å². The molecule has 13 nitrogen and oxygen atoms in total. The first kappa shape index (κ1) is 30.9. The van der Waals surface area contributed by atoms with Gasteiger partial charge in [0.1, 0.15) is 16.6 Å². The number of hydrogen-bond donors (Lipinski definition) is 0. The molecule has 236 valence electrons. The molecule has 0 fully saturated rings. The molecule has 46 heavy (non-hydrogen) atoms. The number of carbonyl (C=O) groups excluding carboxylic acids is 1. The molecule has 0 aliphatic heterocycles. The van der Waals surface area contributed by atoms with Crippen LogP contribution in [0.3, 0.4) is 0 Å². The van der Waals surface area contributed by atoms with Gasteiger partial charge in [0.2, 0.25) is 0 Å². The Morgan fingerprint density at radius 1 is 0.674 bits per heavy atom. The molecule has 4 aromatic heterocycles. The van der Waals surface area contributed by atoms with Gasteiger partial charge in [0.05, 0.1) is 22.2 Å². The highest BCUT2D eigenvalue weighted by Gasteiger charge is 2.30. The van der Waals surface area contributed by atoms with E-state index in [9.17, 15) is 21.6 Å². The molecule has 15 heteroatoms. The molecule has 0 spiro atoms. The Balaban J connectivity index is 1.43. The van der Waals surface area contributed by atoms with E-state index in [1.165, 1.54) is 61.2 Å². The predicted molar refractivity (Wildman–Crippen MR) is 171 cm³/mol. The van der Waals surface area contributed by atoms with Gasteiger partial charge in [-0.3, -0.25) is 0 Å². The molecule has 6 rings (SSSR count). The minimum absolute atomic E-state index is 0.0207. The van der Waals surface area contributed by atoms with Crippen LogP contribution in [-0.2, 0) is 24.8 Å². The van der Waals surface area contributed by atoms with Gasteiger partial charge in [-0.1, -0.05) is 35.4 Å². The summed E-state index contributed by atoms with van der Waals surface area (Å²) >= 11 is 0. The van der Waals surface area contributed by atoms with E-state index in [0.29, 0.717) is 0 Å². The Hall–Kier alpha value is -5.15. The highest BCUT2D eigenvalue weighted by Crippen LogP contribution is 2.29. The molecule has 0 N–H and O–H groups in total. The number of aromatic nitrogens is 6. The molecule has 0 aliphatic rings. The second-order valence-corrected chi connectivity index (χ2v) is 15.2. The number of rotatable bonds is 6. The maximum atomic E-state index is 13.6. The van der Waals surface area contributed by atoms with E-state index in [0.717, 1.165) is 24.0 Å². The summed E-state index contributed by atoms with van der Waals surface area (Å²) < 4.78 is 61.2. The van der Waals surface area contributed by atoms with E-state index < -0.39 is 31.7 Å². The molecular formula is C31H29N7O6S2. The molecular weight excluding hydrogens is 631 g/mol. The lowest BCUT2D eigenvalue weighted by Gasteiger charge is -2.25. The van der Waals surface area contributed by atoms with Crippen molar-refractivity contribution in [2.45, 2.75) is 50.0 Å². The largest absolute Gasteiger partial charge is 0.443 e. The minimum Gasteiger partial charge on any atom is -0.443 e. The molecule has 0 radical (unpaired) electrons. The molecule has 0 unspecified atom stereocenters. The predicted octanol–water partition coefficient (Wildman–Crippen LogP) is 5.34. The first-order chi connectivity index (χ1) is 21.6. The summed E-state index contributed by atoms with van der Waals surface area (Å²) in [6.07, 6.45) is 4.28. The van der Waals surface area contributed by atoms with Crippen LogP contribution in [0.1, 0.15) is 31.9 Å². The number of hydrogen-bond acceptors (Lipinski definition) is 10. The van der Waals surface area contributed by atoms with Crippen molar-refractivity contribution in [2.24, 2.45) is 0 Å². The van der Waals surface area contributed by atoms with Gasteiger partial charge in [0.15, 0.2) is 22.9 Å². The molecule has 0 bridgehead atoms. The second-order valence-electron chi connectivity index (χ2n) is 11.5. The van der Waals surface area contributed by atoms with Crippen molar-refractivity contribution in [3.8, 4) is 0 Å². The third-order valence-corrected chi connectivity index (χ3v) is 10.2. The zero-order valence-corrected chi connectivity index (χ0v) is 27.1. The monoisotopic (exact) mass is 659 g/mol. The number of amides is 1. The summed E-state index contributed by atoms with van der Waals surface area (Å²) in [6.45, 7) is 8.79. The van der Waals surface area contributed by atoms with Crippen LogP contribution >= 0.6 is 0 Å². The van der Waals surface area contributed by atoms with Crippen LogP contribution in [0.25, 0.3) is 22.3 Å². The van der Waals surface area contributed by atoms with E-state index in [4.69, 9.17) is 4.74 Å². The van der Waals surface area contributed by atoms with Crippen LogP contribution in [0.5, 0.6) is 0 Å². The highest BCUT2D eigenvalue weighted by atomic mass is 32.2. The molecule has 2 aromatic carbocycles. The van der Waals surface area contributed by atoms with Crippen LogP contribution in [0, 0.1) is 13.8 Å². The maximum absolute atomic E-state index is 13.6. The van der Waals surface area contributed by atoms with Crippen molar-refractivity contribution in [3.63, 3.8) is 0 Å². The van der Waals surface area contributed by atoms with Crippen LogP contribution in [-0.4, -0.2) is 56.4 Å². The topological polar surface area (TPSA) is 159 Å². The number of nitrogens with zero attached hydrogens (tertiary/aromatic N) is 7. The Morgan fingerprint density at radius 3 is 1.43 bits per heavy atom. The lowest BCUT2D eigenvalue weighted by molar-refractivity contribution is 0.0597. The first-order valence-corrected chi connectivity index (χ1v) is 16.9. The molecule has 0 saturated heterocycles. The van der Waals surface area contributed by atoms with Gasteiger partial charge >= 0.3 is 6.09 Å². The van der Waals surface area contributed by atoms with Crippen LogP contribution in [0.2, 0.25) is 0 Å². The minimum atomic E-state index is -3.99. The first-order valence-electron chi connectivity index (χ1n) is 14.0. The smallest absolute Gasteiger partial charge is 0.422 e. The molecule has 4 heterocycles. The highest BCUT2D eigenvalue weighted by molar-refractivity contribution is 7.90. The number of anilines is 2. The van der Waals surface area contributed by atoms with E-state index in [1.807, 2.05) is 13.8 Å². The van der Waals surface area contributed by atoms with Crippen LogP contribution < -0.4 is 4.90 Å². The maximum Gasteiger partial charge on any atom is 0.422 e. The third-order valence-electron chi connectivity index (χ3n) is 6.88. The van der Waals surface area contributed by atoms with Gasteiger partial charge in [-0.05, 0) is 71.0 Å². The number of benzene rings is 2. The fourth-order valence-corrected chi connectivity index (χ4v) is 7.21. The van der Waals surface area contributed by atoms with Crippen molar-refractivity contribution in [1.82, 2.24) is 27.9 Å². The van der Waals surface area contributed by atoms with Gasteiger partial charge < -0.3 is 4.74 Å². The average molecular weight is 660 g/mol. The van der Waals surface area contributed by atoms with E-state index in [-0.39, 0.29) is 43.8 Å². The zero-order valence-electron chi connectivity index (χ0n) is 25.5. The van der Waals surface area contributed by atoms with E-state index in [1.54, 1.807) is 45.0 Å². The van der Waals surface area contributed by atoms with Crippen molar-refractivity contribution in [1.29, 1.82) is 0 Å². The van der Waals surface area contributed by atoms with Crippen molar-refractivity contribution < 1.29 is 26.4 Å². The van der Waals surface area contributed by atoms with Crippen molar-refractivity contribution >= 4 is 60.1 Å². The summed E-state index contributed by atoms with van der Waals surface area (Å²) in [6, 6.07) is 15.8. The molecule has 0 saturated carbocycles. The molecule has 6 aromatic rings. The van der Waals surface area contributed by atoms with Gasteiger partial charge in [0, 0.05) is 12.4 Å². The lowest BCUT2D eigenvalue weighted by Crippen LogP contribution is -2.35. The SMILES string of the molecule is Cc1ccc(S(=O)(=O)n2ccc3nc(N(C(=O)OC(C)(C)C)c4cnc5c(ccn5S(=O)(=O)c5ccc(C)cc5)n4)cnc32)cc1. The van der Waals surface area contributed by atoms with Crippen LogP contribution in [0.4, 0.5) is 16.4 Å². The summed E-state index contributed by atoms with van der Waals surface area (Å²) in [5.74, 6) is -0.0415. The van der Waals surface area contributed by atoms with E-state index >= 15 is 0 Å². The van der Waals surface area contributed by atoms with Crippen molar-refractivity contribution in [2.75, 3.05) is 4.90 Å². The standard InChI is InChI=1S/C31H29N7O6S2/c1-20-6-10-22(11-7-20)45(40,41)36-16-14-24-28(36)32-18-26(34-24)38(30(39)44-31(3,4)5)27-19-33-29-25(35-27)15-17-37(29)46(42,43)23-12-8-21(2)9-13-23/h6-19H,1-5H3. The Labute approximate surface area is 265 Å². The van der Waals surface area contributed by atoms with Gasteiger partial charge in [-0.2, -0.15) is 0 Å². The molecule has 0 atom stereocenters. The summed E-state index contributed by atoms with van der Waals surface area (Å²) in [5.41, 5.74) is 1.39. The second kappa shape index (κ2) is 11.0. The van der Waals surface area contributed by atoms with Crippen molar-refractivity contribution in [3.05, 3.63) is 96.6 Å². The average Bonchev–Trinajstić information content (AvgIpc) is 3.62. The number of aryl methyl sites for hydroxylation is 2. The normalized spacial score (nSPS) is 12.5. The number of ether oxygens (including phenoxy) is 1. The molecule has 0 aliphatic carbocycles. The lowest BCUT2D eigenvalue weighted by atomic mass is 10.2.